The van der Waals surface area contributed by atoms with Gasteiger partial charge in [0.1, 0.15) is 0 Å². The molecule has 2 heteroatoms. The van der Waals surface area contributed by atoms with Crippen LogP contribution in [-0.2, 0) is 0 Å². The molecule has 0 saturated heterocycles. The lowest BCUT2D eigenvalue weighted by Gasteiger charge is -2.60. The largest absolute Gasteiger partial charge is 0.411 e. The van der Waals surface area contributed by atoms with Gasteiger partial charge in [0.05, 0.1) is 5.71 Å². The van der Waals surface area contributed by atoms with Gasteiger partial charge >= 0.3 is 0 Å². The standard InChI is InChI=1S/C27H47NO/c1-18(2)9-8-10-19(3)21-12-13-22-25-23(14-16-27(21,22)5)26(4)15-7-6-11-20(26)17-24(25)28-29/h18-23,25,29H,6-17H2,1-5H3/b28-24+/t19-,20-,21+,22-,23-,25+,26+,27+/m1/s1. The van der Waals surface area contributed by atoms with Gasteiger partial charge in [-0.05, 0) is 91.3 Å². The van der Waals surface area contributed by atoms with Gasteiger partial charge in [-0.2, -0.15) is 0 Å². The smallest absolute Gasteiger partial charge is 0.0610 e. The Morgan fingerprint density at radius 3 is 2.41 bits per heavy atom. The van der Waals surface area contributed by atoms with Crippen LogP contribution in [0.4, 0.5) is 0 Å². The Bertz CT molecular complexity index is 612. The third-order valence-electron chi connectivity index (χ3n) is 10.7. The van der Waals surface area contributed by atoms with Crippen molar-refractivity contribution in [3.8, 4) is 0 Å². The van der Waals surface area contributed by atoms with Gasteiger partial charge in [0.2, 0.25) is 0 Å². The Labute approximate surface area is 180 Å². The normalized spacial score (nSPS) is 47.0. The Morgan fingerprint density at radius 2 is 1.69 bits per heavy atom. The molecule has 0 aromatic carbocycles. The predicted molar refractivity (Wildman–Crippen MR) is 122 cm³/mol. The van der Waals surface area contributed by atoms with Crippen LogP contribution < -0.4 is 0 Å². The fourth-order valence-electron chi connectivity index (χ4n) is 9.12. The fraction of sp³-hybridized carbons (Fsp3) is 0.963. The van der Waals surface area contributed by atoms with Crippen LogP contribution in [0.1, 0.15) is 112 Å². The molecule has 4 rings (SSSR count). The number of oxime groups is 1. The SMILES string of the molecule is CC(C)CCC[C@@H](C)[C@@H]1CC[C@@H]2[C@@H]3/C(=N/O)C[C@H]4CCCC[C@]4(C)[C@@H]3CC[C@]21C. The van der Waals surface area contributed by atoms with E-state index in [1.54, 1.807) is 0 Å². The van der Waals surface area contributed by atoms with E-state index in [4.69, 9.17) is 0 Å². The Morgan fingerprint density at radius 1 is 0.931 bits per heavy atom. The van der Waals surface area contributed by atoms with Crippen LogP contribution in [0, 0.1) is 52.3 Å². The molecule has 0 radical (unpaired) electrons. The summed E-state index contributed by atoms with van der Waals surface area (Å²) in [5.74, 6) is 5.39. The molecule has 0 aliphatic heterocycles. The zero-order valence-corrected chi connectivity index (χ0v) is 19.9. The molecule has 166 valence electrons. The maximum Gasteiger partial charge on any atom is 0.0610 e. The van der Waals surface area contributed by atoms with Crippen molar-refractivity contribution in [2.75, 3.05) is 0 Å². The second-order valence-electron chi connectivity index (χ2n) is 12.5. The van der Waals surface area contributed by atoms with Gasteiger partial charge in [-0.15, -0.1) is 0 Å². The van der Waals surface area contributed by atoms with Crippen LogP contribution >= 0.6 is 0 Å². The summed E-state index contributed by atoms with van der Waals surface area (Å²) in [6.07, 6.45) is 16.4. The summed E-state index contributed by atoms with van der Waals surface area (Å²) in [7, 11) is 0. The Hall–Kier alpha value is -0.530. The highest BCUT2D eigenvalue weighted by molar-refractivity contribution is 5.88. The summed E-state index contributed by atoms with van der Waals surface area (Å²) in [6, 6.07) is 0. The zero-order chi connectivity index (χ0) is 20.8. The van der Waals surface area contributed by atoms with Crippen LogP contribution in [0.3, 0.4) is 0 Å². The molecule has 0 aromatic rings. The number of hydrogen-bond donors (Lipinski definition) is 1. The van der Waals surface area contributed by atoms with E-state index in [0.717, 1.165) is 41.9 Å². The fourth-order valence-corrected chi connectivity index (χ4v) is 9.12. The van der Waals surface area contributed by atoms with E-state index in [0.29, 0.717) is 16.7 Å². The van der Waals surface area contributed by atoms with Crippen molar-refractivity contribution >= 4 is 5.71 Å². The third kappa shape index (κ3) is 3.59. The van der Waals surface area contributed by atoms with Crippen molar-refractivity contribution in [3.05, 3.63) is 0 Å². The summed E-state index contributed by atoms with van der Waals surface area (Å²) in [5, 5.41) is 14.0. The van der Waals surface area contributed by atoms with Crippen molar-refractivity contribution in [1.29, 1.82) is 0 Å². The molecule has 0 spiro atoms. The summed E-state index contributed by atoms with van der Waals surface area (Å²) >= 11 is 0. The van der Waals surface area contributed by atoms with E-state index >= 15 is 0 Å². The summed E-state index contributed by atoms with van der Waals surface area (Å²) in [6.45, 7) is 12.5. The Balaban J connectivity index is 1.55. The molecule has 0 unspecified atom stereocenters. The quantitative estimate of drug-likeness (QED) is 0.368. The average molecular weight is 402 g/mol. The first-order chi connectivity index (χ1) is 13.8. The molecule has 0 heterocycles. The van der Waals surface area contributed by atoms with E-state index in [2.05, 4.69) is 39.8 Å². The van der Waals surface area contributed by atoms with Crippen molar-refractivity contribution in [3.63, 3.8) is 0 Å². The average Bonchev–Trinajstić information content (AvgIpc) is 3.04. The van der Waals surface area contributed by atoms with Gasteiger partial charge in [0, 0.05) is 5.92 Å². The monoisotopic (exact) mass is 401 g/mol. The molecule has 1 N–H and O–H groups in total. The second-order valence-corrected chi connectivity index (χ2v) is 12.5. The van der Waals surface area contributed by atoms with Crippen molar-refractivity contribution in [1.82, 2.24) is 0 Å². The molecule has 4 aliphatic carbocycles. The van der Waals surface area contributed by atoms with E-state index in [-0.39, 0.29) is 0 Å². The topological polar surface area (TPSA) is 32.6 Å². The van der Waals surface area contributed by atoms with E-state index in [9.17, 15) is 5.21 Å². The summed E-state index contributed by atoms with van der Waals surface area (Å²) in [5.41, 5.74) is 2.16. The van der Waals surface area contributed by atoms with E-state index in [1.165, 1.54) is 76.3 Å². The number of nitrogens with zero attached hydrogens (tertiary/aromatic N) is 1. The second kappa shape index (κ2) is 8.19. The predicted octanol–water partition coefficient (Wildman–Crippen LogP) is 7.94. The molecule has 4 saturated carbocycles. The highest BCUT2D eigenvalue weighted by atomic mass is 16.4. The van der Waals surface area contributed by atoms with Crippen molar-refractivity contribution in [2.24, 2.45) is 57.4 Å². The molecule has 4 aliphatic rings. The van der Waals surface area contributed by atoms with Crippen molar-refractivity contribution < 1.29 is 5.21 Å². The van der Waals surface area contributed by atoms with Crippen LogP contribution in [0.2, 0.25) is 0 Å². The van der Waals surface area contributed by atoms with Gasteiger partial charge < -0.3 is 5.21 Å². The lowest BCUT2D eigenvalue weighted by molar-refractivity contribution is -0.0728. The maximum atomic E-state index is 10.0. The number of rotatable bonds is 5. The molecular weight excluding hydrogens is 354 g/mol. The third-order valence-corrected chi connectivity index (χ3v) is 10.7. The summed E-state index contributed by atoms with van der Waals surface area (Å²) in [4.78, 5) is 0. The van der Waals surface area contributed by atoms with Gasteiger partial charge in [-0.25, -0.2) is 0 Å². The van der Waals surface area contributed by atoms with Crippen LogP contribution in [0.15, 0.2) is 5.16 Å². The minimum Gasteiger partial charge on any atom is -0.411 e. The lowest BCUT2D eigenvalue weighted by Crippen LogP contribution is -2.56. The minimum absolute atomic E-state index is 0.465. The molecule has 0 bridgehead atoms. The lowest BCUT2D eigenvalue weighted by atomic mass is 9.44. The molecule has 29 heavy (non-hydrogen) atoms. The molecule has 2 nitrogen and oxygen atoms in total. The maximum absolute atomic E-state index is 10.0. The van der Waals surface area contributed by atoms with Gasteiger partial charge in [-0.3, -0.25) is 0 Å². The summed E-state index contributed by atoms with van der Waals surface area (Å²) < 4.78 is 0. The van der Waals surface area contributed by atoms with Crippen molar-refractivity contribution in [2.45, 2.75) is 112 Å². The molecule has 8 atom stereocenters. The van der Waals surface area contributed by atoms with E-state index in [1.807, 2.05) is 0 Å². The zero-order valence-electron chi connectivity index (χ0n) is 19.9. The molecule has 0 amide bonds. The molecule has 4 fully saturated rings. The first-order valence-corrected chi connectivity index (χ1v) is 13.0. The van der Waals surface area contributed by atoms with Crippen LogP contribution in [-0.4, -0.2) is 10.9 Å². The number of fused-ring (bicyclic) bond motifs is 5. The first kappa shape index (κ1) is 21.7. The Kier molecular flexibility index (Phi) is 6.13. The van der Waals surface area contributed by atoms with E-state index < -0.39 is 0 Å². The first-order valence-electron chi connectivity index (χ1n) is 13.0. The highest BCUT2D eigenvalue weighted by Crippen LogP contribution is 2.67. The van der Waals surface area contributed by atoms with Crippen LogP contribution in [0.25, 0.3) is 0 Å². The molecular formula is C27H47NO. The minimum atomic E-state index is 0.465. The van der Waals surface area contributed by atoms with Gasteiger partial charge in [0.25, 0.3) is 0 Å². The molecule has 0 aromatic heterocycles. The van der Waals surface area contributed by atoms with Gasteiger partial charge in [0.15, 0.2) is 0 Å². The highest BCUT2D eigenvalue weighted by Gasteiger charge is 2.62. The number of hydrogen-bond acceptors (Lipinski definition) is 2. The van der Waals surface area contributed by atoms with Gasteiger partial charge in [-0.1, -0.05) is 71.9 Å². The van der Waals surface area contributed by atoms with Crippen LogP contribution in [0.5, 0.6) is 0 Å².